The van der Waals surface area contributed by atoms with Crippen molar-refractivity contribution >= 4 is 0 Å². The third kappa shape index (κ3) is 2.78. The maximum Gasteiger partial charge on any atom is 0.0139 e. The second-order valence-electron chi connectivity index (χ2n) is 4.87. The van der Waals surface area contributed by atoms with E-state index in [4.69, 9.17) is 0 Å². The average Bonchev–Trinajstić information content (AvgIpc) is 2.78. The fraction of sp³-hybridized carbons (Fsp3) is 0.500. The van der Waals surface area contributed by atoms with Gasteiger partial charge in [0.15, 0.2) is 0 Å². The average molecular weight is 229 g/mol. The fourth-order valence-corrected chi connectivity index (χ4v) is 3.01. The van der Waals surface area contributed by atoms with Crippen molar-refractivity contribution in [3.8, 4) is 0 Å². The molecule has 0 radical (unpaired) electrons. The first-order valence-corrected chi connectivity index (χ1v) is 6.79. The predicted molar refractivity (Wildman–Crippen MR) is 74.4 cm³/mol. The zero-order valence-electron chi connectivity index (χ0n) is 10.8. The van der Waals surface area contributed by atoms with Crippen molar-refractivity contribution in [3.63, 3.8) is 0 Å². The van der Waals surface area contributed by atoms with E-state index in [1.54, 1.807) is 11.1 Å². The Kier molecular flexibility index (Phi) is 4.38. The maximum atomic E-state index is 3.84. The number of rotatable bonds is 6. The van der Waals surface area contributed by atoms with Crippen LogP contribution in [0.15, 0.2) is 36.9 Å². The zero-order valence-corrected chi connectivity index (χ0v) is 10.8. The van der Waals surface area contributed by atoms with Crippen molar-refractivity contribution in [1.82, 2.24) is 5.32 Å². The smallest absolute Gasteiger partial charge is 0.0139 e. The molecule has 0 fully saturated rings. The molecule has 0 aliphatic heterocycles. The summed E-state index contributed by atoms with van der Waals surface area (Å²) < 4.78 is 0. The molecule has 0 saturated carbocycles. The topological polar surface area (TPSA) is 12.0 Å². The van der Waals surface area contributed by atoms with Gasteiger partial charge in [-0.25, -0.2) is 0 Å². The highest BCUT2D eigenvalue weighted by molar-refractivity contribution is 5.36. The van der Waals surface area contributed by atoms with E-state index in [1.165, 1.54) is 19.3 Å². The molecule has 1 heteroatoms. The summed E-state index contributed by atoms with van der Waals surface area (Å²) in [5.74, 6) is 0.700. The molecular formula is C16H23N. The number of benzene rings is 1. The Balaban J connectivity index is 2.12. The van der Waals surface area contributed by atoms with Gasteiger partial charge in [-0.2, -0.15) is 0 Å². The highest BCUT2D eigenvalue weighted by Crippen LogP contribution is 2.36. The molecule has 0 aromatic heterocycles. The van der Waals surface area contributed by atoms with Crippen LogP contribution in [0.3, 0.4) is 0 Å². The van der Waals surface area contributed by atoms with Crippen LogP contribution in [0.2, 0.25) is 0 Å². The Morgan fingerprint density at radius 1 is 1.47 bits per heavy atom. The molecule has 1 aliphatic carbocycles. The molecule has 0 heterocycles. The first kappa shape index (κ1) is 12.4. The van der Waals surface area contributed by atoms with E-state index in [9.17, 15) is 0 Å². The van der Waals surface area contributed by atoms with Crippen molar-refractivity contribution in [2.75, 3.05) is 6.54 Å². The lowest BCUT2D eigenvalue weighted by molar-refractivity contribution is 0.416. The monoisotopic (exact) mass is 229 g/mol. The molecule has 0 bridgehead atoms. The summed E-state index contributed by atoms with van der Waals surface area (Å²) in [6, 6.07) is 9.54. The van der Waals surface area contributed by atoms with E-state index >= 15 is 0 Å². The van der Waals surface area contributed by atoms with Crippen LogP contribution in [-0.4, -0.2) is 12.6 Å². The number of nitrogens with one attached hydrogen (secondary N) is 1. The summed E-state index contributed by atoms with van der Waals surface area (Å²) in [7, 11) is 0. The van der Waals surface area contributed by atoms with Crippen LogP contribution < -0.4 is 5.32 Å². The van der Waals surface area contributed by atoms with Crippen LogP contribution in [0.1, 0.15) is 43.2 Å². The van der Waals surface area contributed by atoms with Crippen LogP contribution in [-0.2, 0) is 6.42 Å². The van der Waals surface area contributed by atoms with E-state index in [2.05, 4.69) is 43.1 Å². The number of fused-ring (bicyclic) bond motifs is 1. The molecule has 17 heavy (non-hydrogen) atoms. The van der Waals surface area contributed by atoms with Crippen LogP contribution in [0, 0.1) is 0 Å². The van der Waals surface area contributed by atoms with Gasteiger partial charge in [-0.05, 0) is 49.3 Å². The molecule has 2 unspecified atom stereocenters. The Bertz CT molecular complexity index is 370. The van der Waals surface area contributed by atoms with Gasteiger partial charge in [-0.3, -0.25) is 0 Å². The van der Waals surface area contributed by atoms with E-state index < -0.39 is 0 Å². The lowest BCUT2D eigenvalue weighted by Gasteiger charge is -2.25. The number of hydrogen-bond donors (Lipinski definition) is 1. The van der Waals surface area contributed by atoms with Crippen molar-refractivity contribution in [2.24, 2.45) is 0 Å². The molecule has 1 aromatic rings. The molecule has 0 saturated heterocycles. The van der Waals surface area contributed by atoms with Gasteiger partial charge >= 0.3 is 0 Å². The molecule has 1 aromatic carbocycles. The lowest BCUT2D eigenvalue weighted by Crippen LogP contribution is -2.33. The standard InChI is InChI=1S/C16H23N/c1-3-5-10-16(17-4-2)15-12-11-13-8-6-7-9-14(13)15/h3,6-9,15-17H,1,4-5,10-12H2,2H3. The Morgan fingerprint density at radius 3 is 3.06 bits per heavy atom. The summed E-state index contributed by atoms with van der Waals surface area (Å²) >= 11 is 0. The highest BCUT2D eigenvalue weighted by Gasteiger charge is 2.28. The molecule has 0 spiro atoms. The van der Waals surface area contributed by atoms with Crippen LogP contribution in [0.25, 0.3) is 0 Å². The number of hydrogen-bond acceptors (Lipinski definition) is 1. The Labute approximate surface area is 105 Å². The largest absolute Gasteiger partial charge is 0.314 e. The van der Waals surface area contributed by atoms with Crippen LogP contribution in [0.4, 0.5) is 0 Å². The molecule has 1 N–H and O–H groups in total. The quantitative estimate of drug-likeness (QED) is 0.734. The molecular weight excluding hydrogens is 206 g/mol. The summed E-state index contributed by atoms with van der Waals surface area (Å²) in [6.45, 7) is 7.09. The van der Waals surface area contributed by atoms with Gasteiger partial charge in [0.05, 0.1) is 0 Å². The molecule has 2 atom stereocenters. The SMILES string of the molecule is C=CCCC(NCC)C1CCc2ccccc21. The minimum atomic E-state index is 0.613. The van der Waals surface area contributed by atoms with Gasteiger partial charge in [0.1, 0.15) is 0 Å². The van der Waals surface area contributed by atoms with Crippen molar-refractivity contribution in [2.45, 2.75) is 44.6 Å². The summed E-state index contributed by atoms with van der Waals surface area (Å²) in [5, 5.41) is 3.65. The molecule has 92 valence electrons. The minimum absolute atomic E-state index is 0.613. The summed E-state index contributed by atoms with van der Waals surface area (Å²) in [5.41, 5.74) is 3.13. The lowest BCUT2D eigenvalue weighted by atomic mass is 9.90. The third-order valence-electron chi connectivity index (χ3n) is 3.81. The van der Waals surface area contributed by atoms with E-state index in [0.717, 1.165) is 13.0 Å². The van der Waals surface area contributed by atoms with Gasteiger partial charge in [0, 0.05) is 6.04 Å². The number of aryl methyl sites for hydroxylation is 1. The Morgan fingerprint density at radius 2 is 2.29 bits per heavy atom. The van der Waals surface area contributed by atoms with Gasteiger partial charge in [0.25, 0.3) is 0 Å². The molecule has 1 aliphatic rings. The number of allylic oxidation sites excluding steroid dienone is 1. The van der Waals surface area contributed by atoms with Crippen molar-refractivity contribution < 1.29 is 0 Å². The first-order valence-electron chi connectivity index (χ1n) is 6.79. The minimum Gasteiger partial charge on any atom is -0.314 e. The van der Waals surface area contributed by atoms with Crippen LogP contribution in [0.5, 0.6) is 0 Å². The molecule has 1 nitrogen and oxygen atoms in total. The van der Waals surface area contributed by atoms with E-state index in [1.807, 2.05) is 6.08 Å². The maximum absolute atomic E-state index is 3.84. The van der Waals surface area contributed by atoms with E-state index in [-0.39, 0.29) is 0 Å². The van der Waals surface area contributed by atoms with E-state index in [0.29, 0.717) is 12.0 Å². The second-order valence-corrected chi connectivity index (χ2v) is 4.87. The highest BCUT2D eigenvalue weighted by atomic mass is 14.9. The van der Waals surface area contributed by atoms with Gasteiger partial charge in [-0.1, -0.05) is 37.3 Å². The molecule has 2 rings (SSSR count). The molecule has 0 amide bonds. The van der Waals surface area contributed by atoms with Gasteiger partial charge in [0.2, 0.25) is 0 Å². The second kappa shape index (κ2) is 6.02. The third-order valence-corrected chi connectivity index (χ3v) is 3.81. The van der Waals surface area contributed by atoms with Gasteiger partial charge in [-0.15, -0.1) is 6.58 Å². The van der Waals surface area contributed by atoms with Gasteiger partial charge < -0.3 is 5.32 Å². The summed E-state index contributed by atoms with van der Waals surface area (Å²) in [4.78, 5) is 0. The predicted octanol–water partition coefficient (Wildman–Crippen LogP) is 3.66. The number of likely N-dealkylation sites (N-methyl/N-ethyl adjacent to an activating group) is 1. The summed E-state index contributed by atoms with van der Waals surface area (Å²) in [6.07, 6.45) is 6.89. The van der Waals surface area contributed by atoms with Crippen molar-refractivity contribution in [1.29, 1.82) is 0 Å². The fourth-order valence-electron chi connectivity index (χ4n) is 3.01. The van der Waals surface area contributed by atoms with Crippen molar-refractivity contribution in [3.05, 3.63) is 48.0 Å². The Hall–Kier alpha value is -1.08. The normalized spacial score (nSPS) is 19.9. The zero-order chi connectivity index (χ0) is 12.1. The first-order chi connectivity index (χ1) is 8.36. The van der Waals surface area contributed by atoms with Crippen LogP contribution >= 0.6 is 0 Å².